The maximum Gasteiger partial charge on any atom is 0.323 e. The highest BCUT2D eigenvalue weighted by atomic mass is 79.9. The Bertz CT molecular complexity index is 970. The molecule has 2 fully saturated rings. The summed E-state index contributed by atoms with van der Waals surface area (Å²) < 4.78 is 0.968. The zero-order chi connectivity index (χ0) is 21.4. The summed E-state index contributed by atoms with van der Waals surface area (Å²) in [5.74, 6) is 1.24. The van der Waals surface area contributed by atoms with Gasteiger partial charge in [-0.2, -0.15) is 4.98 Å². The Morgan fingerprint density at radius 3 is 2.68 bits per heavy atom. The van der Waals surface area contributed by atoms with Crippen molar-refractivity contribution >= 4 is 45.1 Å². The minimum absolute atomic E-state index is 0.0539. The molecule has 3 aliphatic rings. The molecule has 0 atom stereocenters. The van der Waals surface area contributed by atoms with Crippen LogP contribution in [-0.4, -0.2) is 60.2 Å². The molecule has 1 aliphatic carbocycles. The Morgan fingerprint density at radius 2 is 1.94 bits per heavy atom. The molecule has 2 aromatic rings. The molecule has 1 saturated heterocycles. The summed E-state index contributed by atoms with van der Waals surface area (Å²) >= 11 is 3.70. The van der Waals surface area contributed by atoms with Crippen molar-refractivity contribution in [2.75, 3.05) is 48.3 Å². The second-order valence-electron chi connectivity index (χ2n) is 8.59. The molecule has 1 aromatic carbocycles. The lowest BCUT2D eigenvalue weighted by atomic mass is 10.1. The average molecular weight is 486 g/mol. The monoisotopic (exact) mass is 485 g/mol. The SMILES string of the molecule is CN1CCN(c2ccc(Nc3ncc4c(n3)N(C3CCCC3)C(=O)NC4)c(Br)c2)CC1. The van der Waals surface area contributed by atoms with Crippen LogP contribution >= 0.6 is 15.9 Å². The first-order chi connectivity index (χ1) is 15.1. The average Bonchev–Trinajstić information content (AvgIpc) is 3.30. The van der Waals surface area contributed by atoms with Crippen LogP contribution in [0.15, 0.2) is 28.9 Å². The molecule has 5 rings (SSSR count). The summed E-state index contributed by atoms with van der Waals surface area (Å²) in [6.45, 7) is 4.68. The number of piperazine rings is 1. The Kier molecular flexibility index (Phi) is 5.71. The molecule has 1 aromatic heterocycles. The summed E-state index contributed by atoms with van der Waals surface area (Å²) in [6, 6.07) is 6.50. The summed E-state index contributed by atoms with van der Waals surface area (Å²) in [4.78, 5) is 28.4. The highest BCUT2D eigenvalue weighted by molar-refractivity contribution is 9.10. The van der Waals surface area contributed by atoms with E-state index in [2.05, 4.69) is 66.6 Å². The summed E-state index contributed by atoms with van der Waals surface area (Å²) in [7, 11) is 2.16. The van der Waals surface area contributed by atoms with E-state index in [4.69, 9.17) is 4.98 Å². The lowest BCUT2D eigenvalue weighted by molar-refractivity contribution is 0.241. The number of rotatable bonds is 4. The van der Waals surface area contributed by atoms with Crippen LogP contribution in [0.5, 0.6) is 0 Å². The smallest absolute Gasteiger partial charge is 0.323 e. The third kappa shape index (κ3) is 4.21. The fourth-order valence-electron chi connectivity index (χ4n) is 4.63. The van der Waals surface area contributed by atoms with Crippen LogP contribution in [0, 0.1) is 0 Å². The molecule has 2 aliphatic heterocycles. The zero-order valence-electron chi connectivity index (χ0n) is 17.8. The van der Waals surface area contributed by atoms with Crippen molar-refractivity contribution < 1.29 is 4.79 Å². The standard InChI is InChI=1S/C22H28BrN7O/c1-28-8-10-29(11-9-28)17-6-7-19(18(23)12-17)26-21-24-13-15-14-25-22(31)30(20(15)27-21)16-4-2-3-5-16/h6-7,12-13,16H,2-5,8-11,14H2,1H3,(H,25,31)(H,24,26,27). The molecule has 0 radical (unpaired) electrons. The summed E-state index contributed by atoms with van der Waals surface area (Å²) in [5, 5.41) is 6.29. The highest BCUT2D eigenvalue weighted by Crippen LogP contribution is 2.34. The van der Waals surface area contributed by atoms with Crippen molar-refractivity contribution in [1.29, 1.82) is 0 Å². The van der Waals surface area contributed by atoms with Gasteiger partial charge >= 0.3 is 6.03 Å². The number of benzene rings is 1. The number of urea groups is 1. The molecule has 2 N–H and O–H groups in total. The number of anilines is 4. The van der Waals surface area contributed by atoms with E-state index in [1.807, 2.05) is 11.1 Å². The highest BCUT2D eigenvalue weighted by Gasteiger charge is 2.33. The van der Waals surface area contributed by atoms with Crippen LogP contribution in [0.25, 0.3) is 0 Å². The Morgan fingerprint density at radius 1 is 1.16 bits per heavy atom. The van der Waals surface area contributed by atoms with Gasteiger partial charge in [0, 0.05) is 60.7 Å². The Labute approximate surface area is 191 Å². The van der Waals surface area contributed by atoms with E-state index in [0.29, 0.717) is 12.5 Å². The van der Waals surface area contributed by atoms with Crippen molar-refractivity contribution in [3.8, 4) is 0 Å². The molecular formula is C22H28BrN7O. The van der Waals surface area contributed by atoms with Gasteiger partial charge in [-0.3, -0.25) is 4.90 Å². The summed E-state index contributed by atoms with van der Waals surface area (Å²) in [5.41, 5.74) is 3.08. The largest absolute Gasteiger partial charge is 0.369 e. The number of nitrogens with one attached hydrogen (secondary N) is 2. The van der Waals surface area contributed by atoms with Gasteiger partial charge in [-0.1, -0.05) is 12.8 Å². The van der Waals surface area contributed by atoms with Crippen LogP contribution in [0.1, 0.15) is 31.2 Å². The quantitative estimate of drug-likeness (QED) is 0.687. The van der Waals surface area contributed by atoms with Crippen molar-refractivity contribution in [3.63, 3.8) is 0 Å². The number of aromatic nitrogens is 2. The van der Waals surface area contributed by atoms with Gasteiger partial charge in [0.2, 0.25) is 5.95 Å². The lowest BCUT2D eigenvalue weighted by Crippen LogP contribution is -2.49. The van der Waals surface area contributed by atoms with E-state index >= 15 is 0 Å². The van der Waals surface area contributed by atoms with Crippen LogP contribution in [0.4, 0.5) is 27.9 Å². The van der Waals surface area contributed by atoms with Gasteiger partial charge < -0.3 is 20.4 Å². The van der Waals surface area contributed by atoms with Gasteiger partial charge in [0.1, 0.15) is 5.82 Å². The molecule has 1 saturated carbocycles. The number of amides is 2. The van der Waals surface area contributed by atoms with Crippen LogP contribution < -0.4 is 20.4 Å². The van der Waals surface area contributed by atoms with Gasteiger partial charge in [-0.05, 0) is 54.0 Å². The van der Waals surface area contributed by atoms with Crippen molar-refractivity contribution in [2.45, 2.75) is 38.3 Å². The number of carbonyl (C=O) groups is 1. The van der Waals surface area contributed by atoms with E-state index in [9.17, 15) is 4.79 Å². The molecule has 0 unspecified atom stereocenters. The molecule has 8 nitrogen and oxygen atoms in total. The molecule has 31 heavy (non-hydrogen) atoms. The minimum atomic E-state index is -0.0539. The Hall–Kier alpha value is -2.39. The van der Waals surface area contributed by atoms with Crippen molar-refractivity contribution in [3.05, 3.63) is 34.4 Å². The number of likely N-dealkylation sites (N-methyl/N-ethyl adjacent to an activating group) is 1. The predicted molar refractivity (Wildman–Crippen MR) is 126 cm³/mol. The third-order valence-corrected chi connectivity index (χ3v) is 7.13. The molecule has 164 valence electrons. The van der Waals surface area contributed by atoms with Gasteiger partial charge in [-0.25, -0.2) is 9.78 Å². The molecule has 0 bridgehead atoms. The molecule has 3 heterocycles. The number of nitrogens with zero attached hydrogens (tertiary/aromatic N) is 5. The van der Waals surface area contributed by atoms with Crippen LogP contribution in [0.2, 0.25) is 0 Å². The van der Waals surface area contributed by atoms with E-state index in [1.54, 1.807) is 0 Å². The van der Waals surface area contributed by atoms with Crippen molar-refractivity contribution in [1.82, 2.24) is 20.2 Å². The van der Waals surface area contributed by atoms with E-state index in [1.165, 1.54) is 5.69 Å². The molecular weight excluding hydrogens is 458 g/mol. The number of halogens is 1. The number of hydrogen-bond donors (Lipinski definition) is 2. The minimum Gasteiger partial charge on any atom is -0.369 e. The normalized spacial score (nSPS) is 20.0. The number of hydrogen-bond acceptors (Lipinski definition) is 6. The fourth-order valence-corrected chi connectivity index (χ4v) is 5.10. The third-order valence-electron chi connectivity index (χ3n) is 6.48. The van der Waals surface area contributed by atoms with Gasteiger partial charge in [0.05, 0.1) is 5.69 Å². The number of fused-ring (bicyclic) bond motifs is 1. The van der Waals surface area contributed by atoms with Gasteiger partial charge in [0.15, 0.2) is 0 Å². The fraction of sp³-hybridized carbons (Fsp3) is 0.500. The zero-order valence-corrected chi connectivity index (χ0v) is 19.4. The predicted octanol–water partition coefficient (Wildman–Crippen LogP) is 3.71. The maximum absolute atomic E-state index is 12.6. The Balaban J connectivity index is 1.36. The van der Waals surface area contributed by atoms with Crippen molar-refractivity contribution in [2.24, 2.45) is 0 Å². The van der Waals surface area contributed by atoms with Gasteiger partial charge in [-0.15, -0.1) is 0 Å². The first-order valence-corrected chi connectivity index (χ1v) is 11.8. The van der Waals surface area contributed by atoms with Gasteiger partial charge in [0.25, 0.3) is 0 Å². The lowest BCUT2D eigenvalue weighted by Gasteiger charge is -2.34. The van der Waals surface area contributed by atoms with E-state index in [-0.39, 0.29) is 12.1 Å². The maximum atomic E-state index is 12.6. The number of carbonyl (C=O) groups excluding carboxylic acids is 1. The molecule has 9 heteroatoms. The summed E-state index contributed by atoms with van der Waals surface area (Å²) in [6.07, 6.45) is 6.19. The molecule has 2 amide bonds. The second-order valence-corrected chi connectivity index (χ2v) is 9.44. The van der Waals surface area contributed by atoms with Crippen LogP contribution in [-0.2, 0) is 6.54 Å². The molecule has 0 spiro atoms. The topological polar surface area (TPSA) is 76.6 Å². The second kappa shape index (κ2) is 8.63. The first-order valence-electron chi connectivity index (χ1n) is 11.0. The van der Waals surface area contributed by atoms with E-state index < -0.39 is 0 Å². The van der Waals surface area contributed by atoms with Crippen LogP contribution in [0.3, 0.4) is 0 Å². The first kappa shape index (κ1) is 20.5. The van der Waals surface area contributed by atoms with E-state index in [0.717, 1.165) is 73.4 Å².